The summed E-state index contributed by atoms with van der Waals surface area (Å²) < 4.78 is 11.5. The number of carbonyl (C=O) groups excluding carboxylic acids is 1. The number of hydrogen-bond donors (Lipinski definition) is 2. The summed E-state index contributed by atoms with van der Waals surface area (Å²) in [5, 5.41) is 20.2. The molecule has 1 amide bonds. The molecular weight excluding hydrogens is 507 g/mol. The van der Waals surface area contributed by atoms with Crippen molar-refractivity contribution in [3.8, 4) is 11.6 Å². The molecule has 0 saturated heterocycles. The Morgan fingerprint density at radius 1 is 1.24 bits per heavy atom. The Balaban J connectivity index is 1.52. The van der Waals surface area contributed by atoms with Crippen molar-refractivity contribution < 1.29 is 14.2 Å². The van der Waals surface area contributed by atoms with E-state index >= 15 is 0 Å². The molecule has 0 bridgehead atoms. The fraction of sp³-hybridized carbons (Fsp3) is 0.100. The molecule has 0 saturated carbocycles. The zero-order valence-corrected chi connectivity index (χ0v) is 19.6. The number of halogens is 3. The molecule has 174 valence electrons. The fourth-order valence-corrected chi connectivity index (χ4v) is 3.58. The number of ether oxygens (including phenoxy) is 1. The second kappa shape index (κ2) is 10.1. The summed E-state index contributed by atoms with van der Waals surface area (Å²) in [5.41, 5.74) is 9.60. The van der Waals surface area contributed by atoms with E-state index in [0.717, 1.165) is 4.68 Å². The van der Waals surface area contributed by atoms with Gasteiger partial charge in [-0.2, -0.15) is 9.78 Å². The molecule has 3 N–H and O–H groups in total. The number of nitrogens with zero attached hydrogens (tertiary/aromatic N) is 6. The summed E-state index contributed by atoms with van der Waals surface area (Å²) in [4.78, 5) is 12.7. The Hall–Kier alpha value is -3.67. The highest BCUT2D eigenvalue weighted by atomic mass is 35.5. The zero-order chi connectivity index (χ0) is 24.2. The van der Waals surface area contributed by atoms with E-state index < -0.39 is 5.91 Å². The number of carbonyl (C=O) groups is 1. The number of hydrazone groups is 1. The molecule has 0 aliphatic heterocycles. The summed E-state index contributed by atoms with van der Waals surface area (Å²) in [6, 6.07) is 10.1. The number of nitrogens with two attached hydrogens (primary N) is 1. The molecule has 2 aromatic carbocycles. The number of anilines is 1. The first kappa shape index (κ1) is 23.5. The highest BCUT2D eigenvalue weighted by Gasteiger charge is 2.22. The van der Waals surface area contributed by atoms with Crippen molar-refractivity contribution in [1.29, 1.82) is 0 Å². The molecule has 0 atom stereocenters. The molecule has 14 heteroatoms. The van der Waals surface area contributed by atoms with Crippen LogP contribution in [-0.4, -0.2) is 37.4 Å². The normalized spacial score (nSPS) is 11.2. The van der Waals surface area contributed by atoms with E-state index in [2.05, 4.69) is 35.8 Å². The molecule has 0 aliphatic rings. The minimum Gasteiger partial charge on any atom is -0.488 e. The van der Waals surface area contributed by atoms with Gasteiger partial charge in [-0.25, -0.2) is 10.1 Å². The largest absolute Gasteiger partial charge is 0.488 e. The molecule has 4 aromatic rings. The second-order valence-electron chi connectivity index (χ2n) is 6.78. The Bertz CT molecular complexity index is 1370. The van der Waals surface area contributed by atoms with Crippen LogP contribution in [0.3, 0.4) is 0 Å². The maximum atomic E-state index is 12.7. The third kappa shape index (κ3) is 4.96. The summed E-state index contributed by atoms with van der Waals surface area (Å²) >= 11 is 18.5. The number of rotatable bonds is 7. The molecule has 0 radical (unpaired) electrons. The average molecular weight is 522 g/mol. The molecule has 11 nitrogen and oxygen atoms in total. The van der Waals surface area contributed by atoms with Crippen LogP contribution in [0.15, 0.2) is 46.1 Å². The molecule has 2 heterocycles. The van der Waals surface area contributed by atoms with Crippen LogP contribution in [0.25, 0.3) is 5.82 Å². The lowest BCUT2D eigenvalue weighted by atomic mass is 10.2. The van der Waals surface area contributed by atoms with Gasteiger partial charge in [-0.1, -0.05) is 46.1 Å². The van der Waals surface area contributed by atoms with E-state index in [9.17, 15) is 4.79 Å². The maximum absolute atomic E-state index is 12.7. The number of amides is 1. The topological polar surface area (TPSA) is 146 Å². The quantitative estimate of drug-likeness (QED) is 0.275. The molecule has 4 rings (SSSR count). The molecule has 34 heavy (non-hydrogen) atoms. The average Bonchev–Trinajstić information content (AvgIpc) is 3.39. The SMILES string of the molecule is Cc1nnn(-c2nonc2N)c1C(=O)NN=Cc1cc(Cl)ccc1OCc1c(Cl)cccc1Cl. The van der Waals surface area contributed by atoms with Gasteiger partial charge in [0.2, 0.25) is 11.6 Å². The Morgan fingerprint density at radius 3 is 2.71 bits per heavy atom. The summed E-state index contributed by atoms with van der Waals surface area (Å²) in [7, 11) is 0. The number of benzene rings is 2. The molecule has 0 spiro atoms. The van der Waals surface area contributed by atoms with Gasteiger partial charge in [0.15, 0.2) is 5.69 Å². The number of hydrogen-bond acceptors (Lipinski definition) is 9. The van der Waals surface area contributed by atoms with Gasteiger partial charge in [0.05, 0.1) is 11.9 Å². The van der Waals surface area contributed by atoms with Crippen LogP contribution >= 0.6 is 34.8 Å². The van der Waals surface area contributed by atoms with Crippen molar-refractivity contribution in [1.82, 2.24) is 30.7 Å². The summed E-state index contributed by atoms with van der Waals surface area (Å²) in [5.74, 6) is -0.198. The van der Waals surface area contributed by atoms with Crippen molar-refractivity contribution >= 4 is 52.7 Å². The lowest BCUT2D eigenvalue weighted by Gasteiger charge is -2.12. The molecule has 0 aliphatic carbocycles. The van der Waals surface area contributed by atoms with E-state index in [1.54, 1.807) is 43.3 Å². The van der Waals surface area contributed by atoms with E-state index in [1.165, 1.54) is 6.21 Å². The number of aromatic nitrogens is 5. The Morgan fingerprint density at radius 2 is 2.00 bits per heavy atom. The Labute approximate surface area is 207 Å². The van der Waals surface area contributed by atoms with Crippen LogP contribution in [0.4, 0.5) is 5.82 Å². The van der Waals surface area contributed by atoms with Gasteiger partial charge < -0.3 is 10.5 Å². The standard InChI is InChI=1S/C20H15Cl3N8O3/c1-10-17(31(30-26-10)19-18(24)28-34-29-19)20(32)27-25-8-11-7-12(21)5-6-16(11)33-9-13-14(22)3-2-4-15(13)23/h2-8H,9H2,1H3,(H2,24,28)(H,27,32). The van der Waals surface area contributed by atoms with Crippen molar-refractivity contribution in [3.05, 3.63) is 74.0 Å². The number of nitrogen functional groups attached to an aromatic ring is 1. The van der Waals surface area contributed by atoms with Crippen LogP contribution in [0, 0.1) is 6.92 Å². The van der Waals surface area contributed by atoms with Crippen LogP contribution < -0.4 is 15.9 Å². The summed E-state index contributed by atoms with van der Waals surface area (Å²) in [6.45, 7) is 1.71. The first-order chi connectivity index (χ1) is 16.3. The lowest BCUT2D eigenvalue weighted by Crippen LogP contribution is -2.23. The lowest BCUT2D eigenvalue weighted by molar-refractivity contribution is 0.0946. The predicted octanol–water partition coefficient (Wildman–Crippen LogP) is 3.84. The number of aryl methyl sites for hydroxylation is 1. The zero-order valence-electron chi connectivity index (χ0n) is 17.4. The van der Waals surface area contributed by atoms with Crippen LogP contribution in [0.5, 0.6) is 5.75 Å². The minimum atomic E-state index is -0.617. The van der Waals surface area contributed by atoms with Gasteiger partial charge in [0, 0.05) is 26.2 Å². The van der Waals surface area contributed by atoms with Crippen LogP contribution in [0.1, 0.15) is 27.3 Å². The van der Waals surface area contributed by atoms with Crippen LogP contribution in [-0.2, 0) is 6.61 Å². The van der Waals surface area contributed by atoms with Gasteiger partial charge in [0.25, 0.3) is 5.91 Å². The van der Waals surface area contributed by atoms with Crippen LogP contribution in [0.2, 0.25) is 15.1 Å². The van der Waals surface area contributed by atoms with E-state index in [4.69, 9.17) is 45.3 Å². The third-order valence-electron chi connectivity index (χ3n) is 4.53. The minimum absolute atomic E-state index is 0.0264. The fourth-order valence-electron chi connectivity index (χ4n) is 2.89. The van der Waals surface area contributed by atoms with Gasteiger partial charge in [-0.05, 0) is 47.6 Å². The first-order valence-electron chi connectivity index (χ1n) is 9.54. The van der Waals surface area contributed by atoms with E-state index in [-0.39, 0.29) is 23.9 Å². The van der Waals surface area contributed by atoms with Gasteiger partial charge in [-0.15, -0.1) is 5.10 Å². The van der Waals surface area contributed by atoms with Gasteiger partial charge in [0.1, 0.15) is 12.4 Å². The molecular formula is C20H15Cl3N8O3. The van der Waals surface area contributed by atoms with Crippen molar-refractivity contribution in [3.63, 3.8) is 0 Å². The second-order valence-corrected chi connectivity index (χ2v) is 8.03. The Kier molecular flexibility index (Phi) is 6.96. The monoisotopic (exact) mass is 520 g/mol. The van der Waals surface area contributed by atoms with Gasteiger partial charge in [-0.3, -0.25) is 4.79 Å². The first-order valence-corrected chi connectivity index (χ1v) is 10.7. The van der Waals surface area contributed by atoms with E-state index in [1.807, 2.05) is 0 Å². The maximum Gasteiger partial charge on any atom is 0.292 e. The smallest absolute Gasteiger partial charge is 0.292 e. The van der Waals surface area contributed by atoms with Crippen molar-refractivity contribution in [2.24, 2.45) is 5.10 Å². The third-order valence-corrected chi connectivity index (χ3v) is 5.47. The molecule has 0 fully saturated rings. The highest BCUT2D eigenvalue weighted by Crippen LogP contribution is 2.28. The molecule has 0 unspecified atom stereocenters. The number of nitrogens with one attached hydrogen (secondary N) is 1. The van der Waals surface area contributed by atoms with E-state index in [0.29, 0.717) is 37.6 Å². The van der Waals surface area contributed by atoms with Gasteiger partial charge >= 0.3 is 0 Å². The van der Waals surface area contributed by atoms with Crippen molar-refractivity contribution in [2.45, 2.75) is 13.5 Å². The molecule has 2 aromatic heterocycles. The highest BCUT2D eigenvalue weighted by molar-refractivity contribution is 6.36. The van der Waals surface area contributed by atoms with Crippen molar-refractivity contribution in [2.75, 3.05) is 5.73 Å². The summed E-state index contributed by atoms with van der Waals surface area (Å²) in [6.07, 6.45) is 1.38. The predicted molar refractivity (Wildman–Crippen MR) is 126 cm³/mol.